The topological polar surface area (TPSA) is 94.0 Å². The van der Waals surface area contributed by atoms with E-state index in [1.54, 1.807) is 6.92 Å². The Morgan fingerprint density at radius 3 is 3.00 bits per heavy atom. The normalized spacial score (nSPS) is 10.0. The molecule has 0 saturated carbocycles. The number of hydrogen-bond acceptors (Lipinski definition) is 5. The van der Waals surface area contributed by atoms with Crippen molar-refractivity contribution in [3.05, 3.63) is 11.7 Å². The molecule has 0 radical (unpaired) electrons. The Kier molecular flexibility index (Phi) is 3.39. The molecule has 0 bridgehead atoms. The van der Waals surface area contributed by atoms with Gasteiger partial charge in [-0.25, -0.2) is 0 Å². The van der Waals surface area contributed by atoms with Crippen molar-refractivity contribution in [2.24, 2.45) is 5.73 Å². The highest BCUT2D eigenvalue weighted by Crippen LogP contribution is 1.94. The average molecular weight is 184 g/mol. The lowest BCUT2D eigenvalue weighted by molar-refractivity contribution is -0.121. The number of aryl methyl sites for hydroxylation is 1. The van der Waals surface area contributed by atoms with Gasteiger partial charge in [-0.05, 0) is 6.92 Å². The van der Waals surface area contributed by atoms with Crippen LogP contribution in [0.2, 0.25) is 0 Å². The third-order valence-electron chi connectivity index (χ3n) is 1.38. The molecule has 0 unspecified atom stereocenters. The monoisotopic (exact) mass is 184 g/mol. The Morgan fingerprint density at radius 1 is 1.69 bits per heavy atom. The van der Waals surface area contributed by atoms with Crippen LogP contribution >= 0.6 is 0 Å². The summed E-state index contributed by atoms with van der Waals surface area (Å²) in [5, 5.41) is 6.18. The summed E-state index contributed by atoms with van der Waals surface area (Å²) < 4.78 is 4.79. The van der Waals surface area contributed by atoms with Gasteiger partial charge in [-0.15, -0.1) is 0 Å². The number of carbonyl (C=O) groups excluding carboxylic acids is 1. The smallest absolute Gasteiger partial charge is 0.246 e. The molecule has 1 rings (SSSR count). The summed E-state index contributed by atoms with van der Waals surface area (Å²) in [6.07, 6.45) is 0.313. The highest BCUT2D eigenvalue weighted by molar-refractivity contribution is 5.75. The minimum atomic E-state index is -0.113. The van der Waals surface area contributed by atoms with Crippen molar-refractivity contribution < 1.29 is 9.32 Å². The van der Waals surface area contributed by atoms with Gasteiger partial charge >= 0.3 is 0 Å². The fourth-order valence-corrected chi connectivity index (χ4v) is 0.806. The molecule has 3 N–H and O–H groups in total. The van der Waals surface area contributed by atoms with E-state index in [0.717, 1.165) is 0 Å². The van der Waals surface area contributed by atoms with Gasteiger partial charge in [-0.1, -0.05) is 5.16 Å². The summed E-state index contributed by atoms with van der Waals surface area (Å²) in [5.41, 5.74) is 5.19. The number of nitrogens with two attached hydrogens (primary N) is 1. The molecule has 0 aliphatic carbocycles. The Labute approximate surface area is 75.5 Å². The zero-order chi connectivity index (χ0) is 9.68. The highest BCUT2D eigenvalue weighted by Gasteiger charge is 2.04. The zero-order valence-corrected chi connectivity index (χ0v) is 7.41. The largest absolute Gasteiger partial charge is 0.347 e. The number of nitrogens with zero attached hydrogens (tertiary/aromatic N) is 2. The second-order valence-electron chi connectivity index (χ2n) is 2.55. The third-order valence-corrected chi connectivity index (χ3v) is 1.38. The van der Waals surface area contributed by atoms with Crippen molar-refractivity contribution in [2.45, 2.75) is 19.9 Å². The molecule has 1 aromatic rings. The molecule has 1 amide bonds. The molecule has 6 nitrogen and oxygen atoms in total. The van der Waals surface area contributed by atoms with Gasteiger partial charge in [0.2, 0.25) is 11.8 Å². The van der Waals surface area contributed by atoms with Gasteiger partial charge in [0.1, 0.15) is 0 Å². The molecule has 13 heavy (non-hydrogen) atoms. The molecule has 0 atom stereocenters. The number of amides is 1. The van der Waals surface area contributed by atoms with Gasteiger partial charge in [0.15, 0.2) is 5.82 Å². The fraction of sp³-hybridized carbons (Fsp3) is 0.571. The van der Waals surface area contributed by atoms with E-state index in [2.05, 4.69) is 15.5 Å². The Balaban J connectivity index is 2.30. The van der Waals surface area contributed by atoms with Crippen molar-refractivity contribution in [2.75, 3.05) is 6.54 Å². The third kappa shape index (κ3) is 3.20. The van der Waals surface area contributed by atoms with Crippen LogP contribution in [-0.4, -0.2) is 22.6 Å². The first kappa shape index (κ1) is 9.66. The predicted octanol–water partition coefficient (Wildman–Crippen LogP) is -0.657. The van der Waals surface area contributed by atoms with E-state index in [1.165, 1.54) is 0 Å². The predicted molar refractivity (Wildman–Crippen MR) is 44.6 cm³/mol. The zero-order valence-electron chi connectivity index (χ0n) is 7.41. The molecule has 0 saturated heterocycles. The summed E-state index contributed by atoms with van der Waals surface area (Å²) in [6.45, 7) is 2.32. The minimum Gasteiger partial charge on any atom is -0.347 e. The molecular weight excluding hydrogens is 172 g/mol. The molecule has 0 aliphatic heterocycles. The van der Waals surface area contributed by atoms with E-state index in [1.807, 2.05) is 0 Å². The van der Waals surface area contributed by atoms with E-state index in [9.17, 15) is 4.79 Å². The lowest BCUT2D eigenvalue weighted by atomic mass is 10.4. The van der Waals surface area contributed by atoms with Gasteiger partial charge < -0.3 is 15.6 Å². The van der Waals surface area contributed by atoms with Crippen LogP contribution < -0.4 is 11.1 Å². The first-order valence-electron chi connectivity index (χ1n) is 3.98. The molecule has 1 aromatic heterocycles. The number of hydrogen-bond donors (Lipinski definition) is 2. The van der Waals surface area contributed by atoms with E-state index in [0.29, 0.717) is 24.7 Å². The fourth-order valence-electron chi connectivity index (χ4n) is 0.806. The second kappa shape index (κ2) is 4.56. The van der Waals surface area contributed by atoms with Crippen LogP contribution in [0.25, 0.3) is 0 Å². The Hall–Kier alpha value is -1.43. The van der Waals surface area contributed by atoms with E-state index < -0.39 is 0 Å². The van der Waals surface area contributed by atoms with Crippen LogP contribution in [0, 0.1) is 6.92 Å². The van der Waals surface area contributed by atoms with Gasteiger partial charge in [0.25, 0.3) is 0 Å². The number of carbonyl (C=O) groups is 1. The first-order chi connectivity index (χ1) is 6.22. The van der Waals surface area contributed by atoms with E-state index >= 15 is 0 Å². The summed E-state index contributed by atoms with van der Waals surface area (Å²) in [7, 11) is 0. The molecule has 72 valence electrons. The highest BCUT2D eigenvalue weighted by atomic mass is 16.5. The summed E-state index contributed by atoms with van der Waals surface area (Å²) in [5.74, 6) is 0.851. The number of aromatic nitrogens is 2. The van der Waals surface area contributed by atoms with Crippen LogP contribution in [0.1, 0.15) is 18.1 Å². The maximum absolute atomic E-state index is 10.9. The average Bonchev–Trinajstić information content (AvgIpc) is 2.49. The summed E-state index contributed by atoms with van der Waals surface area (Å²) in [4.78, 5) is 14.9. The standard InChI is InChI=1S/C7H12N4O2/c1-5-10-7(13-11-5)4-9-6(12)2-3-8/h2-4,8H2,1H3,(H,9,12). The quantitative estimate of drug-likeness (QED) is 0.648. The first-order valence-corrected chi connectivity index (χ1v) is 3.98. The molecule has 0 aliphatic rings. The Morgan fingerprint density at radius 2 is 2.46 bits per heavy atom. The van der Waals surface area contributed by atoms with Crippen molar-refractivity contribution in [1.82, 2.24) is 15.5 Å². The molecule has 6 heteroatoms. The van der Waals surface area contributed by atoms with Crippen LogP contribution in [-0.2, 0) is 11.3 Å². The van der Waals surface area contributed by atoms with Crippen LogP contribution in [0.3, 0.4) is 0 Å². The minimum absolute atomic E-state index is 0.113. The van der Waals surface area contributed by atoms with Crippen LogP contribution in [0.15, 0.2) is 4.52 Å². The second-order valence-corrected chi connectivity index (χ2v) is 2.55. The van der Waals surface area contributed by atoms with Crippen molar-refractivity contribution in [3.63, 3.8) is 0 Å². The van der Waals surface area contributed by atoms with Gasteiger partial charge in [0, 0.05) is 13.0 Å². The Bertz CT molecular complexity index is 284. The maximum Gasteiger partial charge on any atom is 0.246 e. The molecule has 0 fully saturated rings. The van der Waals surface area contributed by atoms with Gasteiger partial charge in [0.05, 0.1) is 6.54 Å². The lowest BCUT2D eigenvalue weighted by Crippen LogP contribution is -2.25. The molecular formula is C7H12N4O2. The van der Waals surface area contributed by atoms with Crippen molar-refractivity contribution in [3.8, 4) is 0 Å². The van der Waals surface area contributed by atoms with Gasteiger partial charge in [-0.2, -0.15) is 4.98 Å². The van der Waals surface area contributed by atoms with E-state index in [4.69, 9.17) is 10.3 Å². The van der Waals surface area contributed by atoms with Crippen molar-refractivity contribution in [1.29, 1.82) is 0 Å². The van der Waals surface area contributed by atoms with Crippen molar-refractivity contribution >= 4 is 5.91 Å². The van der Waals surface area contributed by atoms with E-state index in [-0.39, 0.29) is 12.5 Å². The van der Waals surface area contributed by atoms with Crippen LogP contribution in [0.4, 0.5) is 0 Å². The van der Waals surface area contributed by atoms with Gasteiger partial charge in [-0.3, -0.25) is 4.79 Å². The lowest BCUT2D eigenvalue weighted by Gasteiger charge is -1.98. The summed E-state index contributed by atoms with van der Waals surface area (Å²) in [6, 6.07) is 0. The molecule has 0 aromatic carbocycles. The number of nitrogens with one attached hydrogen (secondary N) is 1. The number of rotatable bonds is 4. The van der Waals surface area contributed by atoms with Crippen LogP contribution in [0.5, 0.6) is 0 Å². The summed E-state index contributed by atoms with van der Waals surface area (Å²) >= 11 is 0. The molecule has 0 spiro atoms. The maximum atomic E-state index is 10.9. The molecule has 1 heterocycles. The SMILES string of the molecule is Cc1noc(CNC(=O)CCN)n1.